The van der Waals surface area contributed by atoms with Crippen molar-refractivity contribution in [1.29, 1.82) is 0 Å². The van der Waals surface area contributed by atoms with E-state index in [1.165, 1.54) is 15.9 Å². The molecule has 0 aliphatic rings. The highest BCUT2D eigenvalue weighted by Gasteiger charge is 2.52. The van der Waals surface area contributed by atoms with Crippen LogP contribution in [0.25, 0.3) is 0 Å². The van der Waals surface area contributed by atoms with Crippen molar-refractivity contribution in [3.05, 3.63) is 139 Å². The van der Waals surface area contributed by atoms with Crippen molar-refractivity contribution in [1.82, 2.24) is 9.80 Å². The van der Waals surface area contributed by atoms with Gasteiger partial charge in [-0.2, -0.15) is 0 Å². The van der Waals surface area contributed by atoms with Gasteiger partial charge in [0.2, 0.25) is 0 Å². The summed E-state index contributed by atoms with van der Waals surface area (Å²) in [6.45, 7) is 0. The van der Waals surface area contributed by atoms with Gasteiger partial charge in [0.1, 0.15) is 15.9 Å². The molecule has 39 heavy (non-hydrogen) atoms. The number of rotatable bonds is 7. The summed E-state index contributed by atoms with van der Waals surface area (Å²) >= 11 is 0. The Morgan fingerprint density at radius 1 is 0.615 bits per heavy atom. The van der Waals surface area contributed by atoms with Crippen molar-refractivity contribution in [2.75, 3.05) is 21.1 Å². The predicted molar refractivity (Wildman–Crippen MR) is 145 cm³/mol. The summed E-state index contributed by atoms with van der Waals surface area (Å²) in [5, 5.41) is 3.61. The maximum Gasteiger partial charge on any atom is 0.260 e. The van der Waals surface area contributed by atoms with E-state index in [2.05, 4.69) is 79.0 Å². The molecule has 0 aliphatic carbocycles. The third-order valence-electron chi connectivity index (χ3n) is 5.82. The smallest absolute Gasteiger partial charge is 0.260 e. The van der Waals surface area contributed by atoms with Crippen molar-refractivity contribution in [3.63, 3.8) is 0 Å². The van der Waals surface area contributed by atoms with Gasteiger partial charge in [-0.3, -0.25) is 9.69 Å². The van der Waals surface area contributed by atoms with Gasteiger partial charge in [-0.25, -0.2) is 18.6 Å². The summed E-state index contributed by atoms with van der Waals surface area (Å²) in [7, 11) is -1.45. The fourth-order valence-electron chi connectivity index (χ4n) is 4.31. The zero-order valence-corrected chi connectivity index (χ0v) is 23.5. The van der Waals surface area contributed by atoms with Crippen LogP contribution in [0.15, 0.2) is 133 Å². The van der Waals surface area contributed by atoms with Crippen LogP contribution in [-0.2, 0) is 0 Å². The number of benzene rings is 4. The highest BCUT2D eigenvalue weighted by atomic mass is 35.7. The second-order valence-corrected chi connectivity index (χ2v) is 12.8. The topological polar surface area (TPSA) is 116 Å². The quantitative estimate of drug-likeness (QED) is 0.299. The number of nitrogens with zero attached hydrogens (tertiary/aromatic N) is 2. The summed E-state index contributed by atoms with van der Waals surface area (Å²) in [5.74, 6) is -0.0270. The number of carbonyl (C=O) groups excluding carboxylic acids is 1. The Kier molecular flexibility index (Phi) is 10.4. The Labute approximate surface area is 232 Å². The van der Waals surface area contributed by atoms with E-state index in [4.69, 9.17) is 18.6 Å². The summed E-state index contributed by atoms with van der Waals surface area (Å²) in [5.41, 5.74) is 1.65. The Hall–Kier alpha value is -3.55. The zero-order valence-electron chi connectivity index (χ0n) is 21.9. The SMILES string of the molecule is CN(C)/C=C(\N(C)C(=O)c1ccccc1)[P+](c1ccccc1)(c1ccccc1)c1ccccc1.[O-][Cl+3]([O-])([O-])[O-]. The summed E-state index contributed by atoms with van der Waals surface area (Å²) < 4.78 is 34.0. The lowest BCUT2D eigenvalue weighted by molar-refractivity contribution is -2.00. The van der Waals surface area contributed by atoms with Crippen LogP contribution in [0.1, 0.15) is 10.4 Å². The third kappa shape index (κ3) is 7.74. The molecule has 4 rings (SSSR count). The minimum absolute atomic E-state index is 0.0270. The van der Waals surface area contributed by atoms with E-state index < -0.39 is 17.5 Å². The van der Waals surface area contributed by atoms with Crippen molar-refractivity contribution < 1.29 is 33.7 Å². The summed E-state index contributed by atoms with van der Waals surface area (Å²) in [6.07, 6.45) is 2.11. The molecule has 0 spiro atoms. The summed E-state index contributed by atoms with van der Waals surface area (Å²) in [4.78, 5) is 17.7. The van der Waals surface area contributed by atoms with E-state index >= 15 is 0 Å². The molecular weight excluding hydrogens is 535 g/mol. The van der Waals surface area contributed by atoms with Crippen LogP contribution in [0, 0.1) is 10.2 Å². The van der Waals surface area contributed by atoms with Gasteiger partial charge in [-0.05, 0) is 48.5 Å². The fourth-order valence-corrected chi connectivity index (χ4v) is 8.80. The Bertz CT molecular complexity index is 1250. The first-order valence-electron chi connectivity index (χ1n) is 11.9. The monoisotopic (exact) mass is 564 g/mol. The lowest BCUT2D eigenvalue weighted by Gasteiger charge is -2.34. The molecule has 0 N–H and O–H groups in total. The van der Waals surface area contributed by atoms with Crippen molar-refractivity contribution >= 4 is 29.1 Å². The van der Waals surface area contributed by atoms with Crippen molar-refractivity contribution in [2.24, 2.45) is 0 Å². The van der Waals surface area contributed by atoms with Gasteiger partial charge in [-0.1, -0.05) is 72.8 Å². The highest BCUT2D eigenvalue weighted by Crippen LogP contribution is 2.63. The number of hydrogen-bond donors (Lipinski definition) is 0. The van der Waals surface area contributed by atoms with Crippen LogP contribution in [0.3, 0.4) is 0 Å². The first-order chi connectivity index (χ1) is 18.5. The van der Waals surface area contributed by atoms with E-state index in [1.54, 1.807) is 0 Å². The van der Waals surface area contributed by atoms with Gasteiger partial charge in [0.15, 0.2) is 12.7 Å². The molecule has 0 fully saturated rings. The second-order valence-electron chi connectivity index (χ2n) is 8.74. The molecule has 0 saturated carbocycles. The zero-order chi connectivity index (χ0) is 28.5. The van der Waals surface area contributed by atoms with Crippen LogP contribution in [0.5, 0.6) is 0 Å². The highest BCUT2D eigenvalue weighted by molar-refractivity contribution is 7.99. The number of hydrogen-bond acceptors (Lipinski definition) is 6. The average Bonchev–Trinajstić information content (AvgIpc) is 2.93. The molecule has 0 saturated heterocycles. The van der Waals surface area contributed by atoms with Gasteiger partial charge in [0.05, 0.1) is 6.20 Å². The fraction of sp³-hybridized carbons (Fsp3) is 0.100. The molecule has 0 bridgehead atoms. The molecule has 0 aliphatic heterocycles. The Balaban J connectivity index is 0.000000771. The molecule has 0 unspecified atom stereocenters. The molecule has 0 aromatic heterocycles. The standard InChI is InChI=1S/C30H30N2OP.ClHO4/c1-31(2)24-29(32(3)30(33)25-16-8-4-9-17-25)34(26-18-10-5-11-19-26,27-20-12-6-13-21-27)28-22-14-7-15-23-28;2-1(3,4)5/h4-24H,1-3H3;(H,2,3,4,5)/q+1;/p-1/b29-24+;. The van der Waals surface area contributed by atoms with Gasteiger partial charge in [-0.15, -0.1) is 10.2 Å². The molecule has 0 heterocycles. The van der Waals surface area contributed by atoms with Gasteiger partial charge in [0, 0.05) is 26.7 Å². The molecule has 202 valence electrons. The average molecular weight is 565 g/mol. The lowest BCUT2D eigenvalue weighted by Crippen LogP contribution is -2.68. The minimum Gasteiger partial charge on any atom is -0.379 e. The molecule has 0 atom stereocenters. The van der Waals surface area contributed by atoms with Gasteiger partial charge >= 0.3 is 0 Å². The molecule has 0 radical (unpaired) electrons. The third-order valence-corrected chi connectivity index (χ3v) is 10.1. The van der Waals surface area contributed by atoms with E-state index in [-0.39, 0.29) is 5.91 Å². The maximum absolute atomic E-state index is 13.8. The van der Waals surface area contributed by atoms with Crippen LogP contribution >= 0.6 is 7.26 Å². The number of halogens is 1. The van der Waals surface area contributed by atoms with E-state index in [1.807, 2.05) is 79.5 Å². The first-order valence-corrected chi connectivity index (χ1v) is 15.0. The van der Waals surface area contributed by atoms with E-state index in [9.17, 15) is 4.79 Å². The number of amides is 1. The Morgan fingerprint density at radius 3 is 1.23 bits per heavy atom. The van der Waals surface area contributed by atoms with Crippen molar-refractivity contribution in [2.45, 2.75) is 0 Å². The predicted octanol–water partition coefficient (Wildman–Crippen LogP) is 0.357. The van der Waals surface area contributed by atoms with Crippen LogP contribution in [0.4, 0.5) is 0 Å². The second kappa shape index (κ2) is 13.5. The molecule has 4 aromatic carbocycles. The van der Waals surface area contributed by atoms with Gasteiger partial charge in [0.25, 0.3) is 5.91 Å². The van der Waals surface area contributed by atoms with E-state index in [0.29, 0.717) is 5.56 Å². The van der Waals surface area contributed by atoms with E-state index in [0.717, 1.165) is 5.44 Å². The Morgan fingerprint density at radius 2 is 0.923 bits per heavy atom. The summed E-state index contributed by atoms with van der Waals surface area (Å²) in [6, 6.07) is 41.3. The van der Waals surface area contributed by atoms with Gasteiger partial charge < -0.3 is 4.90 Å². The normalized spacial score (nSPS) is 11.7. The molecule has 7 nitrogen and oxygen atoms in total. The van der Waals surface area contributed by atoms with Crippen LogP contribution in [-0.4, -0.2) is 36.9 Å². The molecule has 4 aromatic rings. The first kappa shape index (κ1) is 30.0. The van der Waals surface area contributed by atoms with Crippen LogP contribution in [0.2, 0.25) is 0 Å². The van der Waals surface area contributed by atoms with Crippen LogP contribution < -0.4 is 34.5 Å². The maximum atomic E-state index is 13.8. The largest absolute Gasteiger partial charge is 0.379 e. The van der Waals surface area contributed by atoms with Crippen molar-refractivity contribution in [3.8, 4) is 0 Å². The molecule has 9 heteroatoms. The lowest BCUT2D eigenvalue weighted by atomic mass is 10.2. The molecule has 1 amide bonds. The molecular formula is C30H30ClN2O5P. The number of carbonyl (C=O) groups is 1. The minimum atomic E-state index is -4.94.